The number of benzene rings is 1. The third-order valence-electron chi connectivity index (χ3n) is 1.80. The second kappa shape index (κ2) is 3.78. The monoisotopic (exact) mass is 194 g/mol. The average Bonchev–Trinajstić information content (AvgIpc) is 2.17. The molecule has 1 rings (SSSR count). The molecule has 0 amide bonds. The van der Waals surface area contributed by atoms with Gasteiger partial charge in [0.1, 0.15) is 11.4 Å². The van der Waals surface area contributed by atoms with E-state index in [-0.39, 0.29) is 11.4 Å². The van der Waals surface area contributed by atoms with E-state index >= 15 is 0 Å². The van der Waals surface area contributed by atoms with Crippen molar-refractivity contribution in [3.63, 3.8) is 0 Å². The zero-order chi connectivity index (χ0) is 10.7. The maximum atomic E-state index is 10.5. The number of nitro groups is 1. The Morgan fingerprint density at radius 1 is 1.64 bits per heavy atom. The molecule has 0 unspecified atom stereocenters. The minimum absolute atomic E-state index is 0.127. The molecule has 0 fully saturated rings. The van der Waals surface area contributed by atoms with Crippen LogP contribution in [0.25, 0.3) is 5.76 Å². The summed E-state index contributed by atoms with van der Waals surface area (Å²) in [4.78, 5) is 10.0. The summed E-state index contributed by atoms with van der Waals surface area (Å²) in [7, 11) is 1.45. The highest BCUT2D eigenvalue weighted by molar-refractivity contribution is 5.67. The molecule has 14 heavy (non-hydrogen) atoms. The maximum Gasteiger partial charge on any atom is 0.292 e. The lowest BCUT2D eigenvalue weighted by molar-refractivity contribution is -0.383. The van der Waals surface area contributed by atoms with Crippen LogP contribution in [0.4, 0.5) is 11.4 Å². The van der Waals surface area contributed by atoms with Gasteiger partial charge >= 0.3 is 0 Å². The van der Waals surface area contributed by atoms with Gasteiger partial charge in [0.05, 0.1) is 12.0 Å². The number of ether oxygens (including phenoxy) is 1. The van der Waals surface area contributed by atoms with Gasteiger partial charge in [-0.1, -0.05) is 6.58 Å². The molecule has 5 heteroatoms. The first-order valence-electron chi connectivity index (χ1n) is 3.83. The van der Waals surface area contributed by atoms with Crippen molar-refractivity contribution in [3.8, 4) is 0 Å². The molecular weight excluding hydrogens is 184 g/mol. The Bertz CT molecular complexity index is 388. The fourth-order valence-corrected chi connectivity index (χ4v) is 0.993. The fraction of sp³-hybridized carbons (Fsp3) is 0.111. The lowest BCUT2D eigenvalue weighted by Crippen LogP contribution is -1.97. The molecule has 1 aromatic carbocycles. The molecule has 0 aliphatic heterocycles. The van der Waals surface area contributed by atoms with Crippen molar-refractivity contribution < 1.29 is 9.66 Å². The van der Waals surface area contributed by atoms with Crippen LogP contribution in [-0.2, 0) is 4.74 Å². The molecule has 5 nitrogen and oxygen atoms in total. The molecule has 0 aromatic heterocycles. The second-order valence-corrected chi connectivity index (χ2v) is 2.66. The number of nitrogen functional groups attached to an aromatic ring is 1. The number of nitrogens with zero attached hydrogens (tertiary/aromatic N) is 1. The smallest absolute Gasteiger partial charge is 0.292 e. The van der Waals surface area contributed by atoms with Gasteiger partial charge in [-0.15, -0.1) is 0 Å². The first-order chi connectivity index (χ1) is 6.56. The Morgan fingerprint density at radius 2 is 2.29 bits per heavy atom. The molecule has 0 saturated heterocycles. The summed E-state index contributed by atoms with van der Waals surface area (Å²) in [6.45, 7) is 3.59. The van der Waals surface area contributed by atoms with E-state index in [4.69, 9.17) is 10.5 Å². The normalized spacial score (nSPS) is 9.50. The first-order valence-corrected chi connectivity index (χ1v) is 3.83. The highest BCUT2D eigenvalue weighted by Crippen LogP contribution is 2.25. The summed E-state index contributed by atoms with van der Waals surface area (Å²) in [6.07, 6.45) is 0. The van der Waals surface area contributed by atoms with Crippen molar-refractivity contribution in [3.05, 3.63) is 40.5 Å². The zero-order valence-corrected chi connectivity index (χ0v) is 7.69. The third kappa shape index (κ3) is 1.82. The van der Waals surface area contributed by atoms with Gasteiger partial charge in [0.2, 0.25) is 0 Å². The van der Waals surface area contributed by atoms with Gasteiger partial charge in [0, 0.05) is 11.6 Å². The van der Waals surface area contributed by atoms with Crippen LogP contribution in [0, 0.1) is 10.1 Å². The molecule has 1 aromatic rings. The SMILES string of the molecule is C=C(OC)c1ccc(N)c([N+](=O)[O-])c1. The Hall–Kier alpha value is -2.04. The van der Waals surface area contributed by atoms with Crippen LogP contribution in [0.5, 0.6) is 0 Å². The van der Waals surface area contributed by atoms with Crippen molar-refractivity contribution in [1.82, 2.24) is 0 Å². The maximum absolute atomic E-state index is 10.5. The lowest BCUT2D eigenvalue weighted by Gasteiger charge is -2.04. The molecule has 0 atom stereocenters. The molecule has 0 aliphatic carbocycles. The van der Waals surface area contributed by atoms with Gasteiger partial charge < -0.3 is 10.5 Å². The van der Waals surface area contributed by atoms with E-state index in [1.54, 1.807) is 6.07 Å². The highest BCUT2D eigenvalue weighted by atomic mass is 16.6. The van der Waals surface area contributed by atoms with Crippen LogP contribution < -0.4 is 5.73 Å². The van der Waals surface area contributed by atoms with E-state index in [0.717, 1.165) is 0 Å². The van der Waals surface area contributed by atoms with E-state index in [1.165, 1.54) is 19.2 Å². The molecular formula is C9H10N2O3. The van der Waals surface area contributed by atoms with Crippen molar-refractivity contribution in [2.75, 3.05) is 12.8 Å². The third-order valence-corrected chi connectivity index (χ3v) is 1.80. The molecule has 0 heterocycles. The number of rotatable bonds is 3. The van der Waals surface area contributed by atoms with Crippen molar-refractivity contribution in [2.45, 2.75) is 0 Å². The summed E-state index contributed by atoms with van der Waals surface area (Å²) in [5.74, 6) is 0.369. The van der Waals surface area contributed by atoms with E-state index in [2.05, 4.69) is 6.58 Å². The van der Waals surface area contributed by atoms with Crippen LogP contribution in [-0.4, -0.2) is 12.0 Å². The predicted octanol–water partition coefficient (Wildman–Crippen LogP) is 1.79. The van der Waals surface area contributed by atoms with Gasteiger partial charge in [0.15, 0.2) is 0 Å². The van der Waals surface area contributed by atoms with E-state index in [0.29, 0.717) is 11.3 Å². The summed E-state index contributed by atoms with van der Waals surface area (Å²) in [5.41, 5.74) is 5.96. The summed E-state index contributed by atoms with van der Waals surface area (Å²) >= 11 is 0. The number of hydrogen-bond donors (Lipinski definition) is 1. The predicted molar refractivity (Wildman–Crippen MR) is 53.6 cm³/mol. The largest absolute Gasteiger partial charge is 0.497 e. The molecule has 2 N–H and O–H groups in total. The first kappa shape index (κ1) is 10.0. The van der Waals surface area contributed by atoms with Gasteiger partial charge in [-0.25, -0.2) is 0 Å². The van der Waals surface area contributed by atoms with Gasteiger partial charge in [-0.05, 0) is 12.1 Å². The molecule has 0 saturated carbocycles. The Balaban J connectivity index is 3.19. The summed E-state index contributed by atoms with van der Waals surface area (Å²) in [6, 6.07) is 4.41. The number of nitrogens with two attached hydrogens (primary N) is 1. The average molecular weight is 194 g/mol. The molecule has 0 radical (unpaired) electrons. The van der Waals surface area contributed by atoms with Crippen molar-refractivity contribution in [2.24, 2.45) is 0 Å². The second-order valence-electron chi connectivity index (χ2n) is 2.66. The van der Waals surface area contributed by atoms with Crippen LogP contribution in [0.15, 0.2) is 24.8 Å². The zero-order valence-electron chi connectivity index (χ0n) is 7.69. The summed E-state index contributed by atoms with van der Waals surface area (Å²) < 4.78 is 4.85. The standard InChI is InChI=1S/C9H10N2O3/c1-6(14-2)7-3-4-8(10)9(5-7)11(12)13/h3-5H,1,10H2,2H3. The summed E-state index contributed by atoms with van der Waals surface area (Å²) in [5, 5.41) is 10.5. The topological polar surface area (TPSA) is 78.4 Å². The minimum atomic E-state index is -0.540. The lowest BCUT2D eigenvalue weighted by atomic mass is 10.1. The number of methoxy groups -OCH3 is 1. The van der Waals surface area contributed by atoms with Crippen LogP contribution in [0.3, 0.4) is 0 Å². The van der Waals surface area contributed by atoms with Crippen LogP contribution in [0.1, 0.15) is 5.56 Å². The van der Waals surface area contributed by atoms with Crippen molar-refractivity contribution in [1.29, 1.82) is 0 Å². The van der Waals surface area contributed by atoms with Gasteiger partial charge in [-0.2, -0.15) is 0 Å². The van der Waals surface area contributed by atoms with E-state index in [1.807, 2.05) is 0 Å². The number of anilines is 1. The quantitative estimate of drug-likeness (QED) is 0.344. The molecule has 0 spiro atoms. The van der Waals surface area contributed by atoms with Crippen molar-refractivity contribution >= 4 is 17.1 Å². The molecule has 74 valence electrons. The Kier molecular flexibility index (Phi) is 2.71. The van der Waals surface area contributed by atoms with Crippen LogP contribution in [0.2, 0.25) is 0 Å². The Morgan fingerprint density at radius 3 is 2.79 bits per heavy atom. The Labute approximate surface area is 80.9 Å². The van der Waals surface area contributed by atoms with E-state index in [9.17, 15) is 10.1 Å². The minimum Gasteiger partial charge on any atom is -0.497 e. The van der Waals surface area contributed by atoms with Gasteiger partial charge in [-0.3, -0.25) is 10.1 Å². The number of hydrogen-bond acceptors (Lipinski definition) is 4. The molecule has 0 bridgehead atoms. The fourth-order valence-electron chi connectivity index (χ4n) is 0.993. The van der Waals surface area contributed by atoms with E-state index < -0.39 is 4.92 Å². The van der Waals surface area contributed by atoms with Crippen LogP contribution >= 0.6 is 0 Å². The number of nitro benzene ring substituents is 1. The highest BCUT2D eigenvalue weighted by Gasteiger charge is 2.12. The van der Waals surface area contributed by atoms with Gasteiger partial charge in [0.25, 0.3) is 5.69 Å². The molecule has 0 aliphatic rings.